The lowest BCUT2D eigenvalue weighted by Gasteiger charge is -2.27. The van der Waals surface area contributed by atoms with Crippen molar-refractivity contribution in [3.63, 3.8) is 0 Å². The number of fused-ring (bicyclic) bond motifs is 1. The molecule has 1 fully saturated rings. The highest BCUT2D eigenvalue weighted by Gasteiger charge is 2.35. The quantitative estimate of drug-likeness (QED) is 0.714. The van der Waals surface area contributed by atoms with Gasteiger partial charge in [0.05, 0.1) is 26.2 Å². The summed E-state index contributed by atoms with van der Waals surface area (Å²) in [6.45, 7) is 1.06. The van der Waals surface area contributed by atoms with Gasteiger partial charge < -0.3 is 19.7 Å². The Balaban J connectivity index is 1.34. The predicted molar refractivity (Wildman–Crippen MR) is 121 cm³/mol. The van der Waals surface area contributed by atoms with Crippen molar-refractivity contribution in [2.24, 2.45) is 5.92 Å². The molecular formula is C24H28N2O4S. The molecule has 2 amide bonds. The van der Waals surface area contributed by atoms with Gasteiger partial charge >= 0.3 is 0 Å². The van der Waals surface area contributed by atoms with Crippen LogP contribution in [0.25, 0.3) is 0 Å². The standard InChI is InChI=1S/C24H28N2O4S/c1-29-20-8-7-16(13-21(20)30-2)9-11-26-15-17(14-23(26)27)24(28)25-19-10-12-31-22-6-4-3-5-18(19)22/h3-8,13,17,19H,9-12,14-15H2,1-2H3,(H,25,28). The van der Waals surface area contributed by atoms with E-state index in [1.165, 1.54) is 10.5 Å². The maximum Gasteiger partial charge on any atom is 0.225 e. The SMILES string of the molecule is COc1ccc(CCN2CC(C(=O)NC3CCSc4ccccc43)CC2=O)cc1OC. The molecule has 31 heavy (non-hydrogen) atoms. The minimum absolute atomic E-state index is 0.0198. The maximum atomic E-state index is 12.9. The monoisotopic (exact) mass is 440 g/mol. The van der Waals surface area contributed by atoms with E-state index in [4.69, 9.17) is 9.47 Å². The van der Waals surface area contributed by atoms with E-state index in [1.807, 2.05) is 42.1 Å². The molecule has 2 atom stereocenters. The topological polar surface area (TPSA) is 67.9 Å². The van der Waals surface area contributed by atoms with Crippen LogP contribution in [-0.2, 0) is 16.0 Å². The minimum Gasteiger partial charge on any atom is -0.493 e. The molecule has 0 aromatic heterocycles. The zero-order valence-corrected chi connectivity index (χ0v) is 18.7. The van der Waals surface area contributed by atoms with Crippen LogP contribution in [-0.4, -0.2) is 49.8 Å². The number of nitrogens with zero attached hydrogens (tertiary/aromatic N) is 1. The molecule has 2 unspecified atom stereocenters. The zero-order valence-electron chi connectivity index (χ0n) is 17.9. The number of methoxy groups -OCH3 is 2. The molecule has 4 rings (SSSR count). The molecule has 1 N–H and O–H groups in total. The van der Waals surface area contributed by atoms with Crippen LogP contribution in [0.15, 0.2) is 47.4 Å². The van der Waals surface area contributed by atoms with Crippen molar-refractivity contribution >= 4 is 23.6 Å². The van der Waals surface area contributed by atoms with Gasteiger partial charge in [0.1, 0.15) is 0 Å². The van der Waals surface area contributed by atoms with E-state index in [2.05, 4.69) is 17.4 Å². The average Bonchev–Trinajstić information content (AvgIpc) is 3.18. The van der Waals surface area contributed by atoms with Gasteiger partial charge in [0, 0.05) is 30.2 Å². The Morgan fingerprint density at radius 2 is 1.97 bits per heavy atom. The Bertz CT molecular complexity index is 964. The molecule has 0 bridgehead atoms. The number of amides is 2. The van der Waals surface area contributed by atoms with Crippen molar-refractivity contribution in [2.45, 2.75) is 30.2 Å². The van der Waals surface area contributed by atoms with E-state index in [-0.39, 0.29) is 30.2 Å². The van der Waals surface area contributed by atoms with Crippen LogP contribution in [0, 0.1) is 5.92 Å². The summed E-state index contributed by atoms with van der Waals surface area (Å²) in [5.41, 5.74) is 2.25. The smallest absolute Gasteiger partial charge is 0.225 e. The van der Waals surface area contributed by atoms with Gasteiger partial charge in [0.15, 0.2) is 11.5 Å². The number of nitrogens with one attached hydrogen (secondary N) is 1. The van der Waals surface area contributed by atoms with Crippen LogP contribution in [0.3, 0.4) is 0 Å². The van der Waals surface area contributed by atoms with Gasteiger partial charge in [-0.05, 0) is 42.2 Å². The van der Waals surface area contributed by atoms with Crippen molar-refractivity contribution in [1.82, 2.24) is 10.2 Å². The van der Waals surface area contributed by atoms with Gasteiger partial charge in [0.25, 0.3) is 0 Å². The molecule has 7 heteroatoms. The van der Waals surface area contributed by atoms with Crippen LogP contribution in [0.5, 0.6) is 11.5 Å². The third-order valence-corrected chi connectivity index (χ3v) is 7.10. The second kappa shape index (κ2) is 9.64. The van der Waals surface area contributed by atoms with Gasteiger partial charge in [-0.25, -0.2) is 0 Å². The van der Waals surface area contributed by atoms with Crippen molar-refractivity contribution in [2.75, 3.05) is 33.1 Å². The van der Waals surface area contributed by atoms with Crippen molar-refractivity contribution in [3.8, 4) is 11.5 Å². The highest BCUT2D eigenvalue weighted by molar-refractivity contribution is 7.99. The van der Waals surface area contributed by atoms with Crippen molar-refractivity contribution in [1.29, 1.82) is 0 Å². The van der Waals surface area contributed by atoms with Crippen LogP contribution >= 0.6 is 11.8 Å². The lowest BCUT2D eigenvalue weighted by molar-refractivity contribution is -0.129. The van der Waals surface area contributed by atoms with Gasteiger partial charge in [0.2, 0.25) is 11.8 Å². The molecule has 1 saturated heterocycles. The summed E-state index contributed by atoms with van der Waals surface area (Å²) in [7, 11) is 3.22. The maximum absolute atomic E-state index is 12.9. The van der Waals surface area contributed by atoms with Gasteiger partial charge in [-0.15, -0.1) is 11.8 Å². The Labute approximate surface area is 187 Å². The Hall–Kier alpha value is -2.67. The zero-order chi connectivity index (χ0) is 21.8. The first-order valence-electron chi connectivity index (χ1n) is 10.6. The highest BCUT2D eigenvalue weighted by Crippen LogP contribution is 2.36. The summed E-state index contributed by atoms with van der Waals surface area (Å²) in [6, 6.07) is 14.0. The number of benzene rings is 2. The predicted octanol–water partition coefficient (Wildman–Crippen LogP) is 3.45. The largest absolute Gasteiger partial charge is 0.493 e. The molecule has 2 aliphatic heterocycles. The number of carbonyl (C=O) groups excluding carboxylic acids is 2. The molecule has 2 heterocycles. The first-order chi connectivity index (χ1) is 15.1. The van der Waals surface area contributed by atoms with Crippen LogP contribution < -0.4 is 14.8 Å². The van der Waals surface area contributed by atoms with E-state index in [1.54, 1.807) is 19.1 Å². The fourth-order valence-corrected chi connectivity index (χ4v) is 5.37. The highest BCUT2D eigenvalue weighted by atomic mass is 32.2. The molecule has 2 aromatic rings. The first-order valence-corrected chi connectivity index (χ1v) is 11.6. The molecule has 2 aromatic carbocycles. The second-order valence-electron chi connectivity index (χ2n) is 7.92. The molecule has 164 valence electrons. The average molecular weight is 441 g/mol. The lowest BCUT2D eigenvalue weighted by atomic mass is 10.0. The number of ether oxygens (including phenoxy) is 2. The summed E-state index contributed by atoms with van der Waals surface area (Å²) >= 11 is 1.83. The summed E-state index contributed by atoms with van der Waals surface area (Å²) in [4.78, 5) is 28.5. The molecule has 0 aliphatic carbocycles. The normalized spacial score (nSPS) is 20.3. The van der Waals surface area contributed by atoms with E-state index >= 15 is 0 Å². The Morgan fingerprint density at radius 3 is 2.77 bits per heavy atom. The third kappa shape index (κ3) is 4.82. The van der Waals surface area contributed by atoms with Crippen LogP contribution in [0.2, 0.25) is 0 Å². The molecular weight excluding hydrogens is 412 g/mol. The number of hydrogen-bond acceptors (Lipinski definition) is 5. The number of thioether (sulfide) groups is 1. The second-order valence-corrected chi connectivity index (χ2v) is 9.05. The summed E-state index contributed by atoms with van der Waals surface area (Å²) in [5.74, 6) is 2.08. The van der Waals surface area contributed by atoms with Gasteiger partial charge in [-0.3, -0.25) is 9.59 Å². The molecule has 6 nitrogen and oxygen atoms in total. The third-order valence-electron chi connectivity index (χ3n) is 5.98. The minimum atomic E-state index is -0.292. The molecule has 0 saturated carbocycles. The van der Waals surface area contributed by atoms with E-state index in [0.29, 0.717) is 31.0 Å². The summed E-state index contributed by atoms with van der Waals surface area (Å²) < 4.78 is 10.6. The summed E-state index contributed by atoms with van der Waals surface area (Å²) in [6.07, 6.45) is 1.89. The Morgan fingerprint density at radius 1 is 1.16 bits per heavy atom. The number of likely N-dealkylation sites (tertiary alicyclic amines) is 1. The Kier molecular flexibility index (Phi) is 6.70. The first kappa shape index (κ1) is 21.6. The van der Waals surface area contributed by atoms with E-state index in [9.17, 15) is 9.59 Å². The van der Waals surface area contributed by atoms with Crippen LogP contribution in [0.1, 0.15) is 30.0 Å². The lowest BCUT2D eigenvalue weighted by Crippen LogP contribution is -2.37. The summed E-state index contributed by atoms with van der Waals surface area (Å²) in [5, 5.41) is 3.20. The van der Waals surface area contributed by atoms with Crippen molar-refractivity contribution in [3.05, 3.63) is 53.6 Å². The fraction of sp³-hybridized carbons (Fsp3) is 0.417. The number of rotatable bonds is 7. The molecule has 0 spiro atoms. The molecule has 0 radical (unpaired) electrons. The van der Waals surface area contributed by atoms with Gasteiger partial charge in [-0.2, -0.15) is 0 Å². The number of hydrogen-bond donors (Lipinski definition) is 1. The fourth-order valence-electron chi connectivity index (χ4n) is 4.25. The van der Waals surface area contributed by atoms with Crippen molar-refractivity contribution < 1.29 is 19.1 Å². The number of carbonyl (C=O) groups is 2. The van der Waals surface area contributed by atoms with E-state index < -0.39 is 0 Å². The van der Waals surface area contributed by atoms with E-state index in [0.717, 1.165) is 17.7 Å². The van der Waals surface area contributed by atoms with Gasteiger partial charge in [-0.1, -0.05) is 24.3 Å². The van der Waals surface area contributed by atoms with Crippen LogP contribution in [0.4, 0.5) is 0 Å². The molecule has 2 aliphatic rings.